The first-order valence-electron chi connectivity index (χ1n) is 12.4. The van der Waals surface area contributed by atoms with Crippen molar-refractivity contribution in [2.24, 2.45) is 0 Å². The molecule has 1 aliphatic carbocycles. The van der Waals surface area contributed by atoms with Gasteiger partial charge in [0.2, 0.25) is 5.82 Å². The summed E-state index contributed by atoms with van der Waals surface area (Å²) in [6.45, 7) is 8.36. The van der Waals surface area contributed by atoms with Crippen LogP contribution >= 0.6 is 19.2 Å². The molecule has 2 aromatic carbocycles. The molecule has 3 aromatic rings. The smallest absolute Gasteiger partial charge is 0.333 e. The molecule has 1 aliphatic rings. The van der Waals surface area contributed by atoms with E-state index in [4.69, 9.17) is 29.9 Å². The zero-order chi connectivity index (χ0) is 25.7. The lowest BCUT2D eigenvalue weighted by Crippen LogP contribution is -2.17. The Bertz CT molecular complexity index is 1190. The van der Waals surface area contributed by atoms with Crippen molar-refractivity contribution in [3.05, 3.63) is 47.5 Å². The molecule has 1 saturated carbocycles. The lowest BCUT2D eigenvalue weighted by molar-refractivity contribution is 0.212. The number of nitrogens with zero attached hydrogens (tertiary/aromatic N) is 2. The highest BCUT2D eigenvalue weighted by Crippen LogP contribution is 2.58. The minimum Gasteiger partial charge on any atom is -0.489 e. The van der Waals surface area contributed by atoms with Gasteiger partial charge in [0.25, 0.3) is 5.89 Å². The van der Waals surface area contributed by atoms with Crippen LogP contribution in [-0.2, 0) is 13.6 Å². The van der Waals surface area contributed by atoms with Crippen LogP contribution in [0.3, 0.4) is 0 Å². The third kappa shape index (κ3) is 6.30. The number of aromatic nitrogens is 2. The van der Waals surface area contributed by atoms with Gasteiger partial charge in [0.1, 0.15) is 5.75 Å². The van der Waals surface area contributed by atoms with Crippen molar-refractivity contribution < 1.29 is 22.9 Å². The fourth-order valence-electron chi connectivity index (χ4n) is 4.38. The molecule has 0 spiro atoms. The van der Waals surface area contributed by atoms with Gasteiger partial charge >= 0.3 is 7.60 Å². The maximum atomic E-state index is 13.1. The van der Waals surface area contributed by atoms with E-state index >= 15 is 0 Å². The predicted molar refractivity (Wildman–Crippen MR) is 142 cm³/mol. The van der Waals surface area contributed by atoms with Gasteiger partial charge in [-0.15, -0.1) is 0 Å². The van der Waals surface area contributed by atoms with Gasteiger partial charge in [0, 0.05) is 22.9 Å². The third-order valence-electron chi connectivity index (χ3n) is 5.95. The zero-order valence-corrected chi connectivity index (χ0v) is 22.7. The number of hydrogen-bond donors (Lipinski definition) is 1. The number of nitrogens with one attached hydrogen (secondary N) is 1. The minimum absolute atomic E-state index is 0.0320. The molecule has 194 valence electrons. The molecule has 10 heteroatoms. The van der Waals surface area contributed by atoms with E-state index in [0.717, 1.165) is 36.1 Å². The minimum atomic E-state index is -3.08. The topological polar surface area (TPSA) is 95.7 Å². The van der Waals surface area contributed by atoms with E-state index in [2.05, 4.69) is 15.5 Å². The summed E-state index contributed by atoms with van der Waals surface area (Å²) in [6, 6.07) is 13.5. The molecular weight excluding hydrogens is 501 g/mol. The summed E-state index contributed by atoms with van der Waals surface area (Å²) in [5.74, 6) is 1.50. The fraction of sp³-hybridized carbons (Fsp3) is 0.462. The average molecular weight is 534 g/mol. The third-order valence-corrected chi connectivity index (χ3v) is 8.85. The van der Waals surface area contributed by atoms with E-state index in [-0.39, 0.29) is 17.8 Å². The Labute approximate surface area is 217 Å². The molecule has 0 radical (unpaired) electrons. The highest BCUT2D eigenvalue weighted by Gasteiger charge is 2.40. The standard InChI is InChI=1S/C26H33ClN3O5P/c1-5-32-36(31,33-6-2)22-13-12-21(16-22)28-20-10-7-18(8-11-20)26-29-25(30-35-26)19-9-14-24(23(27)15-19)34-17(3)4/h7-11,14-15,17,21-22,28H,5-6,12-13,16H2,1-4H3. The monoisotopic (exact) mass is 533 g/mol. The van der Waals surface area contributed by atoms with Crippen LogP contribution in [-0.4, -0.2) is 41.2 Å². The zero-order valence-electron chi connectivity index (χ0n) is 21.1. The number of ether oxygens (including phenoxy) is 1. The van der Waals surface area contributed by atoms with Crippen LogP contribution < -0.4 is 10.1 Å². The summed E-state index contributed by atoms with van der Waals surface area (Å²) in [7, 11) is -3.08. The second-order valence-corrected chi connectivity index (χ2v) is 11.7. The lowest BCUT2D eigenvalue weighted by atomic mass is 10.1. The van der Waals surface area contributed by atoms with Crippen molar-refractivity contribution in [3.63, 3.8) is 0 Å². The van der Waals surface area contributed by atoms with E-state index in [9.17, 15) is 4.57 Å². The average Bonchev–Trinajstić information content (AvgIpc) is 3.52. The predicted octanol–water partition coefficient (Wildman–Crippen LogP) is 7.44. The van der Waals surface area contributed by atoms with Crippen LogP contribution in [0, 0.1) is 0 Å². The van der Waals surface area contributed by atoms with Crippen molar-refractivity contribution in [2.75, 3.05) is 18.5 Å². The van der Waals surface area contributed by atoms with Gasteiger partial charge in [-0.05, 0) is 89.4 Å². The van der Waals surface area contributed by atoms with Gasteiger partial charge < -0.3 is 23.6 Å². The molecule has 1 N–H and O–H groups in total. The molecule has 4 rings (SSSR count). The second kappa shape index (κ2) is 11.8. The maximum Gasteiger partial charge on any atom is 0.333 e. The number of hydrogen-bond acceptors (Lipinski definition) is 8. The Morgan fingerprint density at radius 1 is 1.08 bits per heavy atom. The van der Waals surface area contributed by atoms with Crippen molar-refractivity contribution in [2.45, 2.75) is 64.8 Å². The van der Waals surface area contributed by atoms with Crippen LogP contribution in [0.25, 0.3) is 22.8 Å². The van der Waals surface area contributed by atoms with Crippen molar-refractivity contribution in [1.29, 1.82) is 0 Å². The molecule has 1 heterocycles. The first kappa shape index (κ1) is 26.7. The van der Waals surface area contributed by atoms with E-state index in [1.54, 1.807) is 6.07 Å². The Hall–Kier alpha value is -2.38. The molecule has 0 aliphatic heterocycles. The van der Waals surface area contributed by atoms with Gasteiger partial charge in [0.15, 0.2) is 0 Å². The fourth-order valence-corrected chi connectivity index (χ4v) is 6.80. The molecule has 0 amide bonds. The van der Waals surface area contributed by atoms with E-state index in [1.807, 2.05) is 64.1 Å². The van der Waals surface area contributed by atoms with Gasteiger partial charge in [0.05, 0.1) is 30.0 Å². The van der Waals surface area contributed by atoms with Crippen LogP contribution in [0.5, 0.6) is 5.75 Å². The largest absolute Gasteiger partial charge is 0.489 e. The lowest BCUT2D eigenvalue weighted by Gasteiger charge is -2.23. The molecule has 8 nitrogen and oxygen atoms in total. The molecule has 2 unspecified atom stereocenters. The molecular formula is C26H33ClN3O5P. The van der Waals surface area contributed by atoms with Gasteiger partial charge in [-0.25, -0.2) is 0 Å². The molecule has 2 atom stereocenters. The van der Waals surface area contributed by atoms with Gasteiger partial charge in [-0.2, -0.15) is 4.98 Å². The van der Waals surface area contributed by atoms with Crippen LogP contribution in [0.2, 0.25) is 5.02 Å². The Kier molecular flexibility index (Phi) is 8.73. The van der Waals surface area contributed by atoms with Crippen LogP contribution in [0.4, 0.5) is 5.69 Å². The first-order valence-corrected chi connectivity index (χ1v) is 14.4. The molecule has 0 saturated heterocycles. The summed E-state index contributed by atoms with van der Waals surface area (Å²) in [6.07, 6.45) is 2.50. The van der Waals surface area contributed by atoms with Crippen molar-refractivity contribution in [3.8, 4) is 28.6 Å². The Morgan fingerprint density at radius 2 is 1.78 bits per heavy atom. The van der Waals surface area contributed by atoms with Crippen molar-refractivity contribution >= 4 is 24.9 Å². The van der Waals surface area contributed by atoms with Crippen LogP contribution in [0.15, 0.2) is 47.0 Å². The molecule has 1 aromatic heterocycles. The normalized spacial score (nSPS) is 18.1. The first-order chi connectivity index (χ1) is 17.3. The van der Waals surface area contributed by atoms with E-state index in [0.29, 0.717) is 35.7 Å². The van der Waals surface area contributed by atoms with Crippen molar-refractivity contribution in [1.82, 2.24) is 10.1 Å². The number of halogens is 1. The summed E-state index contributed by atoms with van der Waals surface area (Å²) in [5, 5.41) is 8.14. The molecule has 36 heavy (non-hydrogen) atoms. The number of rotatable bonds is 11. The summed E-state index contributed by atoms with van der Waals surface area (Å²) < 4.78 is 35.4. The quantitative estimate of drug-likeness (QED) is 0.254. The summed E-state index contributed by atoms with van der Waals surface area (Å²) >= 11 is 6.35. The second-order valence-electron chi connectivity index (χ2n) is 9.00. The van der Waals surface area contributed by atoms with Gasteiger partial charge in [-0.1, -0.05) is 16.8 Å². The Morgan fingerprint density at radius 3 is 2.42 bits per heavy atom. The van der Waals surface area contributed by atoms with E-state index in [1.165, 1.54) is 0 Å². The highest BCUT2D eigenvalue weighted by molar-refractivity contribution is 7.54. The van der Waals surface area contributed by atoms with Gasteiger partial charge in [-0.3, -0.25) is 4.57 Å². The maximum absolute atomic E-state index is 13.1. The number of anilines is 1. The number of benzene rings is 2. The summed E-state index contributed by atoms with van der Waals surface area (Å²) in [4.78, 5) is 4.53. The SMILES string of the molecule is CCOP(=O)(OCC)C1CCC(Nc2ccc(-c3nc(-c4ccc(OC(C)C)c(Cl)c4)no3)cc2)C1. The Balaban J connectivity index is 1.39. The highest BCUT2D eigenvalue weighted by atomic mass is 35.5. The molecule has 0 bridgehead atoms. The summed E-state index contributed by atoms with van der Waals surface area (Å²) in [5.41, 5.74) is 2.45. The van der Waals surface area contributed by atoms with Crippen LogP contribution in [0.1, 0.15) is 47.0 Å². The molecule has 1 fully saturated rings. The van der Waals surface area contributed by atoms with E-state index < -0.39 is 7.60 Å².